The molecule has 0 saturated heterocycles. The Morgan fingerprint density at radius 3 is 1.57 bits per heavy atom. The highest BCUT2D eigenvalue weighted by atomic mass is 31.2. The minimum atomic E-state index is -1.57. The van der Waals surface area contributed by atoms with E-state index >= 15 is 0 Å². The Hall–Kier alpha value is -0.100. The van der Waals surface area contributed by atoms with Crippen molar-refractivity contribution in [3.05, 3.63) is 0 Å². The molecule has 0 aliphatic carbocycles. The molecule has 0 aromatic heterocycles. The van der Waals surface area contributed by atoms with E-state index in [1.54, 1.807) is 20.0 Å². The summed E-state index contributed by atoms with van der Waals surface area (Å²) in [6.07, 6.45) is 0. The van der Waals surface area contributed by atoms with E-state index < -0.39 is 13.0 Å². The first-order chi connectivity index (χ1) is 2.94. The predicted molar refractivity (Wildman–Crippen MR) is 32.7 cm³/mol. The monoisotopic (exact) mass is 121 g/mol. The van der Waals surface area contributed by atoms with Crippen LogP contribution in [0.3, 0.4) is 0 Å². The summed E-state index contributed by atoms with van der Waals surface area (Å²) in [7, 11) is -1.57. The molecule has 7 heavy (non-hydrogen) atoms. The van der Waals surface area contributed by atoms with Crippen molar-refractivity contribution in [1.29, 1.82) is 0 Å². The Morgan fingerprint density at radius 1 is 1.43 bits per heavy atom. The highest BCUT2D eigenvalue weighted by Crippen LogP contribution is 2.46. The molecule has 0 saturated carbocycles. The average Bonchev–Trinajstić information content (AvgIpc) is 1.31. The van der Waals surface area contributed by atoms with Crippen LogP contribution in [0.1, 0.15) is 0 Å². The molecule has 0 amide bonds. The Kier molecular flexibility index (Phi) is 1.76. The van der Waals surface area contributed by atoms with Crippen LogP contribution in [0.15, 0.2) is 0 Å². The van der Waals surface area contributed by atoms with E-state index in [1.165, 1.54) is 0 Å². The molecule has 0 heterocycles. The first kappa shape index (κ1) is 6.90. The van der Waals surface area contributed by atoms with Crippen molar-refractivity contribution in [2.45, 2.75) is 0 Å². The van der Waals surface area contributed by atoms with E-state index in [0.29, 0.717) is 0 Å². The second kappa shape index (κ2) is 1.79. The number of carbonyl (C=O) groups is 1. The molecule has 0 spiro atoms. The summed E-state index contributed by atoms with van der Waals surface area (Å²) < 4.78 is 0. The van der Waals surface area contributed by atoms with Crippen molar-refractivity contribution < 1.29 is 9.90 Å². The lowest BCUT2D eigenvalue weighted by Crippen LogP contribution is -1.97. The zero-order valence-corrected chi connectivity index (χ0v) is 5.70. The number of hydrogen-bond acceptors (Lipinski definition) is 1. The number of rotatable bonds is 1. The number of carboxylic acid groups (broad SMARTS) is 1. The maximum Gasteiger partial charge on any atom is 0.447 e. The molecule has 0 fully saturated rings. The van der Waals surface area contributed by atoms with Gasteiger partial charge in [0, 0.05) is 0 Å². The molecular formula is C4H10O2P+. The largest absolute Gasteiger partial charge is 0.452 e. The minimum absolute atomic E-state index is 0.646. The Bertz CT molecular complexity index is 82.2. The lowest BCUT2D eigenvalue weighted by molar-refractivity contribution is 0.220. The Morgan fingerprint density at radius 2 is 1.57 bits per heavy atom. The maximum absolute atomic E-state index is 10.1. The van der Waals surface area contributed by atoms with Crippen LogP contribution in [-0.4, -0.2) is 30.8 Å². The summed E-state index contributed by atoms with van der Waals surface area (Å²) in [5.74, 6) is 0. The van der Waals surface area contributed by atoms with Crippen molar-refractivity contribution in [3.63, 3.8) is 0 Å². The first-order valence-corrected chi connectivity index (χ1v) is 5.12. The zero-order chi connectivity index (χ0) is 6.08. The third-order valence-electron chi connectivity index (χ3n) is 0.574. The molecule has 0 aromatic rings. The highest BCUT2D eigenvalue weighted by molar-refractivity contribution is 7.88. The fraction of sp³-hybridized carbons (Fsp3) is 0.750. The quantitative estimate of drug-likeness (QED) is 0.534. The summed E-state index contributed by atoms with van der Waals surface area (Å²) >= 11 is 0. The van der Waals surface area contributed by atoms with E-state index in [4.69, 9.17) is 5.11 Å². The molecule has 0 aromatic carbocycles. The molecule has 0 aliphatic heterocycles. The van der Waals surface area contributed by atoms with Crippen LogP contribution in [0, 0.1) is 0 Å². The van der Waals surface area contributed by atoms with Gasteiger partial charge in [0.1, 0.15) is 7.26 Å². The Labute approximate surface area is 43.9 Å². The summed E-state index contributed by atoms with van der Waals surface area (Å²) in [5, 5.41) is 8.30. The van der Waals surface area contributed by atoms with Crippen molar-refractivity contribution in [1.82, 2.24) is 0 Å². The fourth-order valence-corrected chi connectivity index (χ4v) is 0. The summed E-state index contributed by atoms with van der Waals surface area (Å²) in [6.45, 7) is 5.32. The average molecular weight is 121 g/mol. The van der Waals surface area contributed by atoms with Crippen molar-refractivity contribution in [3.8, 4) is 0 Å². The van der Waals surface area contributed by atoms with Gasteiger partial charge in [-0.15, -0.1) is 0 Å². The van der Waals surface area contributed by atoms with E-state index in [0.717, 1.165) is 0 Å². The molecule has 0 unspecified atom stereocenters. The number of hydrogen-bond donors (Lipinski definition) is 1. The van der Waals surface area contributed by atoms with Gasteiger partial charge in [0.2, 0.25) is 0 Å². The molecule has 0 radical (unpaired) electrons. The van der Waals surface area contributed by atoms with Crippen LogP contribution in [0.2, 0.25) is 0 Å². The van der Waals surface area contributed by atoms with Crippen LogP contribution >= 0.6 is 7.26 Å². The molecule has 2 nitrogen and oxygen atoms in total. The van der Waals surface area contributed by atoms with Crippen LogP contribution in [0.25, 0.3) is 0 Å². The van der Waals surface area contributed by atoms with Gasteiger partial charge in [0.05, 0.1) is 20.0 Å². The predicted octanol–water partition coefficient (Wildman–Crippen LogP) is 1.57. The highest BCUT2D eigenvalue weighted by Gasteiger charge is 2.28. The third-order valence-corrected chi connectivity index (χ3v) is 1.72. The molecule has 42 valence electrons. The second-order valence-electron chi connectivity index (χ2n) is 2.30. The van der Waals surface area contributed by atoms with E-state index in [2.05, 4.69) is 0 Å². The Balaban J connectivity index is 3.79. The lowest BCUT2D eigenvalue weighted by atomic mass is 11.6. The van der Waals surface area contributed by atoms with Crippen LogP contribution in [0.5, 0.6) is 0 Å². The molecule has 1 N–H and O–H groups in total. The van der Waals surface area contributed by atoms with E-state index in [-0.39, 0.29) is 0 Å². The van der Waals surface area contributed by atoms with Gasteiger partial charge in [-0.3, -0.25) is 0 Å². The SMILES string of the molecule is C[P+](C)(C)C(=O)O. The van der Waals surface area contributed by atoms with Crippen molar-refractivity contribution in [2.75, 3.05) is 20.0 Å². The topological polar surface area (TPSA) is 37.3 Å². The van der Waals surface area contributed by atoms with Crippen LogP contribution in [-0.2, 0) is 0 Å². The van der Waals surface area contributed by atoms with E-state index in [1.807, 2.05) is 0 Å². The van der Waals surface area contributed by atoms with Crippen LogP contribution < -0.4 is 0 Å². The normalized spacial score (nSPS) is 11.3. The maximum atomic E-state index is 10.1. The van der Waals surface area contributed by atoms with Gasteiger partial charge >= 0.3 is 5.71 Å². The second-order valence-corrected chi connectivity index (χ2v) is 6.70. The fourth-order valence-electron chi connectivity index (χ4n) is 0. The van der Waals surface area contributed by atoms with Gasteiger partial charge in [-0.05, 0) is 0 Å². The summed E-state index contributed by atoms with van der Waals surface area (Å²) in [4.78, 5) is 10.1. The molecular weight excluding hydrogens is 111 g/mol. The van der Waals surface area contributed by atoms with Gasteiger partial charge in [0.15, 0.2) is 0 Å². The summed E-state index contributed by atoms with van der Waals surface area (Å²) in [6, 6.07) is 0. The van der Waals surface area contributed by atoms with Gasteiger partial charge in [-0.2, -0.15) is 0 Å². The van der Waals surface area contributed by atoms with Crippen molar-refractivity contribution >= 4 is 13.0 Å². The smallest absolute Gasteiger partial charge is 0.447 e. The minimum Gasteiger partial charge on any atom is -0.452 e. The summed E-state index contributed by atoms with van der Waals surface area (Å²) in [5.41, 5.74) is -0.646. The van der Waals surface area contributed by atoms with Crippen LogP contribution in [0.4, 0.5) is 4.79 Å². The lowest BCUT2D eigenvalue weighted by Gasteiger charge is -2.00. The molecule has 0 bridgehead atoms. The standard InChI is InChI=1S/C4H9O2P/c1-7(2,3)4(5)6/h1-3H3/p+1. The van der Waals surface area contributed by atoms with Crippen molar-refractivity contribution in [2.24, 2.45) is 0 Å². The molecule has 3 heteroatoms. The molecule has 0 atom stereocenters. The van der Waals surface area contributed by atoms with E-state index in [9.17, 15) is 4.79 Å². The first-order valence-electron chi connectivity index (χ1n) is 1.99. The third kappa shape index (κ3) is 2.58. The van der Waals surface area contributed by atoms with Gasteiger partial charge in [-0.1, -0.05) is 0 Å². The van der Waals surface area contributed by atoms with Gasteiger partial charge in [0.25, 0.3) is 0 Å². The van der Waals surface area contributed by atoms with Gasteiger partial charge in [-0.25, -0.2) is 4.79 Å². The zero-order valence-electron chi connectivity index (χ0n) is 4.80. The molecule has 0 rings (SSSR count). The molecule has 0 aliphatic rings. The van der Waals surface area contributed by atoms with Gasteiger partial charge < -0.3 is 5.11 Å².